The first-order valence-corrected chi connectivity index (χ1v) is 7.47. The second kappa shape index (κ2) is 7.64. The van der Waals surface area contributed by atoms with Gasteiger partial charge in [-0.3, -0.25) is 4.79 Å². The predicted octanol–water partition coefficient (Wildman–Crippen LogP) is 3.12. The molecular formula is C15H18N2O3S. The zero-order valence-electron chi connectivity index (χ0n) is 12.1. The van der Waals surface area contributed by atoms with Crippen molar-refractivity contribution in [1.29, 1.82) is 0 Å². The van der Waals surface area contributed by atoms with Crippen LogP contribution in [0, 0.1) is 0 Å². The highest BCUT2D eigenvalue weighted by Gasteiger charge is 2.09. The molecule has 0 atom stereocenters. The SMILES string of the molecule is COc1ccc(CCCC(=O)Nc2csnc2OC)cc1. The van der Waals surface area contributed by atoms with Gasteiger partial charge in [0.25, 0.3) is 0 Å². The van der Waals surface area contributed by atoms with Gasteiger partial charge in [-0.1, -0.05) is 12.1 Å². The van der Waals surface area contributed by atoms with E-state index in [0.717, 1.165) is 18.6 Å². The molecule has 0 saturated carbocycles. The van der Waals surface area contributed by atoms with Gasteiger partial charge in [0, 0.05) is 11.8 Å². The molecule has 5 nitrogen and oxygen atoms in total. The Morgan fingerprint density at radius 2 is 2.00 bits per heavy atom. The van der Waals surface area contributed by atoms with Crippen LogP contribution in [-0.2, 0) is 11.2 Å². The number of ether oxygens (including phenoxy) is 2. The largest absolute Gasteiger partial charge is 0.497 e. The van der Waals surface area contributed by atoms with Crippen molar-refractivity contribution >= 4 is 23.1 Å². The molecule has 0 saturated heterocycles. The fraction of sp³-hybridized carbons (Fsp3) is 0.333. The molecule has 0 bridgehead atoms. The van der Waals surface area contributed by atoms with Crippen molar-refractivity contribution in [1.82, 2.24) is 4.37 Å². The number of aromatic nitrogens is 1. The molecule has 1 aromatic carbocycles. The molecular weight excluding hydrogens is 288 g/mol. The van der Waals surface area contributed by atoms with Crippen LogP contribution in [0.3, 0.4) is 0 Å². The number of nitrogens with one attached hydrogen (secondary N) is 1. The third-order valence-corrected chi connectivity index (χ3v) is 3.64. The zero-order valence-corrected chi connectivity index (χ0v) is 12.9. The number of hydrogen-bond donors (Lipinski definition) is 1. The summed E-state index contributed by atoms with van der Waals surface area (Å²) in [5, 5.41) is 4.57. The number of methoxy groups -OCH3 is 2. The number of hydrogen-bond acceptors (Lipinski definition) is 5. The van der Waals surface area contributed by atoms with E-state index in [4.69, 9.17) is 9.47 Å². The minimum atomic E-state index is -0.0259. The van der Waals surface area contributed by atoms with E-state index >= 15 is 0 Å². The number of amides is 1. The number of benzene rings is 1. The van der Waals surface area contributed by atoms with E-state index in [-0.39, 0.29) is 5.91 Å². The zero-order chi connectivity index (χ0) is 15.1. The summed E-state index contributed by atoms with van der Waals surface area (Å²) < 4.78 is 14.2. The van der Waals surface area contributed by atoms with E-state index < -0.39 is 0 Å². The second-order valence-corrected chi connectivity index (χ2v) is 5.12. The molecule has 0 aliphatic rings. The van der Waals surface area contributed by atoms with Crippen LogP contribution in [0.2, 0.25) is 0 Å². The molecule has 21 heavy (non-hydrogen) atoms. The van der Waals surface area contributed by atoms with Crippen LogP contribution in [0.1, 0.15) is 18.4 Å². The van der Waals surface area contributed by atoms with Crippen molar-refractivity contribution in [3.8, 4) is 11.6 Å². The molecule has 0 aliphatic heterocycles. The first-order valence-electron chi connectivity index (χ1n) is 6.64. The van der Waals surface area contributed by atoms with Crippen LogP contribution in [0.5, 0.6) is 11.6 Å². The summed E-state index contributed by atoms with van der Waals surface area (Å²) in [7, 11) is 3.18. The van der Waals surface area contributed by atoms with Crippen LogP contribution in [0.25, 0.3) is 0 Å². The van der Waals surface area contributed by atoms with Crippen LogP contribution in [-0.4, -0.2) is 24.5 Å². The van der Waals surface area contributed by atoms with Crippen molar-refractivity contribution in [2.75, 3.05) is 19.5 Å². The van der Waals surface area contributed by atoms with Gasteiger partial charge < -0.3 is 14.8 Å². The van der Waals surface area contributed by atoms with Gasteiger partial charge in [0.05, 0.1) is 14.2 Å². The molecule has 0 unspecified atom stereocenters. The summed E-state index contributed by atoms with van der Waals surface area (Å²) in [6, 6.07) is 7.89. The van der Waals surface area contributed by atoms with Gasteiger partial charge in [0.2, 0.25) is 11.8 Å². The second-order valence-electron chi connectivity index (χ2n) is 4.49. The summed E-state index contributed by atoms with van der Waals surface area (Å²) in [6.07, 6.45) is 2.11. The quantitative estimate of drug-likeness (QED) is 0.854. The van der Waals surface area contributed by atoms with Crippen LogP contribution in [0.4, 0.5) is 5.69 Å². The van der Waals surface area contributed by atoms with E-state index in [9.17, 15) is 4.79 Å². The number of anilines is 1. The average molecular weight is 306 g/mol. The molecule has 112 valence electrons. The first kappa shape index (κ1) is 15.3. The monoisotopic (exact) mass is 306 g/mol. The molecule has 0 fully saturated rings. The highest BCUT2D eigenvalue weighted by Crippen LogP contribution is 2.24. The molecule has 0 aliphatic carbocycles. The summed E-state index contributed by atoms with van der Waals surface area (Å²) in [4.78, 5) is 11.9. The predicted molar refractivity (Wildman–Crippen MR) is 83.2 cm³/mol. The highest BCUT2D eigenvalue weighted by atomic mass is 32.1. The van der Waals surface area contributed by atoms with Crippen molar-refractivity contribution in [3.05, 3.63) is 35.2 Å². The molecule has 1 aromatic heterocycles. The van der Waals surface area contributed by atoms with E-state index in [1.165, 1.54) is 24.2 Å². The molecule has 1 amide bonds. The van der Waals surface area contributed by atoms with Crippen molar-refractivity contribution in [2.45, 2.75) is 19.3 Å². The Balaban J connectivity index is 1.76. The normalized spacial score (nSPS) is 10.2. The fourth-order valence-electron chi connectivity index (χ4n) is 1.91. The minimum absolute atomic E-state index is 0.0259. The van der Waals surface area contributed by atoms with Crippen molar-refractivity contribution in [3.63, 3.8) is 0 Å². The number of rotatable bonds is 7. The molecule has 1 heterocycles. The Morgan fingerprint density at radius 3 is 2.67 bits per heavy atom. The lowest BCUT2D eigenvalue weighted by Crippen LogP contribution is -2.11. The van der Waals surface area contributed by atoms with Crippen LogP contribution < -0.4 is 14.8 Å². The lowest BCUT2D eigenvalue weighted by molar-refractivity contribution is -0.116. The molecule has 2 rings (SSSR count). The van der Waals surface area contributed by atoms with Gasteiger partial charge in [0.15, 0.2) is 0 Å². The fourth-order valence-corrected chi connectivity index (χ4v) is 2.50. The van der Waals surface area contributed by atoms with E-state index in [0.29, 0.717) is 18.0 Å². The summed E-state index contributed by atoms with van der Waals surface area (Å²) in [6.45, 7) is 0. The molecule has 1 N–H and O–H groups in total. The van der Waals surface area contributed by atoms with E-state index in [1.807, 2.05) is 24.3 Å². The molecule has 2 aromatic rings. The van der Waals surface area contributed by atoms with Crippen molar-refractivity contribution < 1.29 is 14.3 Å². The smallest absolute Gasteiger partial charge is 0.249 e. The van der Waals surface area contributed by atoms with Gasteiger partial charge in [-0.15, -0.1) is 0 Å². The molecule has 0 radical (unpaired) electrons. The topological polar surface area (TPSA) is 60.5 Å². The van der Waals surface area contributed by atoms with Gasteiger partial charge in [0.1, 0.15) is 11.4 Å². The lowest BCUT2D eigenvalue weighted by atomic mass is 10.1. The molecule has 6 heteroatoms. The Bertz CT molecular complexity index is 581. The Labute approximate surface area is 128 Å². The van der Waals surface area contributed by atoms with Crippen LogP contribution in [0.15, 0.2) is 29.6 Å². The number of carbonyl (C=O) groups is 1. The van der Waals surface area contributed by atoms with Gasteiger partial charge in [-0.05, 0) is 42.1 Å². The van der Waals surface area contributed by atoms with Gasteiger partial charge >= 0.3 is 0 Å². The van der Waals surface area contributed by atoms with Gasteiger partial charge in [-0.25, -0.2) is 0 Å². The number of carbonyl (C=O) groups excluding carboxylic acids is 1. The highest BCUT2D eigenvalue weighted by molar-refractivity contribution is 7.04. The summed E-state index contributed by atoms with van der Waals surface area (Å²) in [5.41, 5.74) is 1.83. The summed E-state index contributed by atoms with van der Waals surface area (Å²) >= 11 is 1.26. The Hall–Kier alpha value is -2.08. The van der Waals surface area contributed by atoms with E-state index in [1.54, 1.807) is 12.5 Å². The van der Waals surface area contributed by atoms with Crippen molar-refractivity contribution in [2.24, 2.45) is 0 Å². The third kappa shape index (κ3) is 4.46. The standard InChI is InChI=1S/C15H18N2O3S/c1-19-12-8-6-11(7-9-12)4-3-5-14(18)16-13-10-21-17-15(13)20-2/h6-10H,3-5H2,1-2H3,(H,16,18). The lowest BCUT2D eigenvalue weighted by Gasteiger charge is -2.05. The van der Waals surface area contributed by atoms with Crippen LogP contribution >= 0.6 is 11.5 Å². The first-order chi connectivity index (χ1) is 10.2. The number of nitrogens with zero attached hydrogens (tertiary/aromatic N) is 1. The number of aryl methyl sites for hydroxylation is 1. The minimum Gasteiger partial charge on any atom is -0.497 e. The average Bonchev–Trinajstić information content (AvgIpc) is 2.95. The maximum absolute atomic E-state index is 11.9. The Morgan fingerprint density at radius 1 is 1.24 bits per heavy atom. The Kier molecular flexibility index (Phi) is 5.57. The molecule has 0 spiro atoms. The summed E-state index contributed by atoms with van der Waals surface area (Å²) in [5.74, 6) is 1.28. The van der Waals surface area contributed by atoms with E-state index in [2.05, 4.69) is 9.69 Å². The van der Waals surface area contributed by atoms with Gasteiger partial charge in [-0.2, -0.15) is 4.37 Å². The maximum Gasteiger partial charge on any atom is 0.249 e. The third-order valence-electron chi connectivity index (χ3n) is 3.03. The maximum atomic E-state index is 11.9.